The summed E-state index contributed by atoms with van der Waals surface area (Å²) in [6, 6.07) is 5.27. The van der Waals surface area contributed by atoms with Gasteiger partial charge in [0.2, 0.25) is 6.79 Å². The molecule has 1 unspecified atom stereocenters. The molecule has 110 valence electrons. The van der Waals surface area contributed by atoms with Crippen molar-refractivity contribution in [2.24, 2.45) is 5.92 Å². The molecule has 0 saturated carbocycles. The number of carbonyl (C=O) groups is 1. The van der Waals surface area contributed by atoms with Gasteiger partial charge in [-0.05, 0) is 50.0 Å². The van der Waals surface area contributed by atoms with Gasteiger partial charge in [-0.25, -0.2) is 0 Å². The van der Waals surface area contributed by atoms with E-state index < -0.39 is 0 Å². The number of rotatable bonds is 4. The topological polar surface area (TPSA) is 59.6 Å². The fourth-order valence-corrected chi connectivity index (χ4v) is 2.49. The summed E-state index contributed by atoms with van der Waals surface area (Å²) >= 11 is 0. The summed E-state index contributed by atoms with van der Waals surface area (Å²) in [6.45, 7) is 3.12. The number of benzene rings is 1. The molecule has 2 N–H and O–H groups in total. The van der Waals surface area contributed by atoms with E-state index >= 15 is 0 Å². The number of nitrogens with one attached hydrogen (secondary N) is 2. The first-order chi connectivity index (χ1) is 9.33. The Labute approximate surface area is 124 Å². The monoisotopic (exact) mass is 298 g/mol. The summed E-state index contributed by atoms with van der Waals surface area (Å²) in [5, 5.41) is 6.28. The number of fused-ring (bicyclic) bond motifs is 1. The van der Waals surface area contributed by atoms with E-state index in [1.54, 1.807) is 18.2 Å². The average molecular weight is 299 g/mol. The van der Waals surface area contributed by atoms with Gasteiger partial charge >= 0.3 is 0 Å². The molecule has 1 aromatic carbocycles. The van der Waals surface area contributed by atoms with Crippen LogP contribution < -0.4 is 20.1 Å². The fraction of sp³-hybridized carbons (Fsp3) is 0.500. The van der Waals surface area contributed by atoms with Crippen molar-refractivity contribution in [3.05, 3.63) is 23.8 Å². The van der Waals surface area contributed by atoms with Crippen LogP contribution in [0.2, 0.25) is 0 Å². The zero-order valence-electron chi connectivity index (χ0n) is 11.2. The number of halogens is 1. The summed E-state index contributed by atoms with van der Waals surface area (Å²) in [5.41, 5.74) is 0.619. The molecule has 2 heterocycles. The minimum Gasteiger partial charge on any atom is -0.454 e. The zero-order chi connectivity index (χ0) is 13.1. The van der Waals surface area contributed by atoms with E-state index in [-0.39, 0.29) is 25.1 Å². The maximum absolute atomic E-state index is 12.0. The second-order valence-electron chi connectivity index (χ2n) is 4.97. The Bertz CT molecular complexity index is 475. The molecule has 0 spiro atoms. The minimum atomic E-state index is -0.0516. The lowest BCUT2D eigenvalue weighted by Gasteiger charge is -2.09. The van der Waals surface area contributed by atoms with Gasteiger partial charge in [-0.2, -0.15) is 0 Å². The van der Waals surface area contributed by atoms with Gasteiger partial charge in [0.15, 0.2) is 11.5 Å². The van der Waals surface area contributed by atoms with Crippen LogP contribution in [0.3, 0.4) is 0 Å². The Balaban J connectivity index is 0.00000147. The Hall–Kier alpha value is -1.46. The van der Waals surface area contributed by atoms with Crippen LogP contribution in [-0.4, -0.2) is 32.3 Å². The molecule has 20 heavy (non-hydrogen) atoms. The van der Waals surface area contributed by atoms with Crippen molar-refractivity contribution in [1.82, 2.24) is 10.6 Å². The van der Waals surface area contributed by atoms with Gasteiger partial charge in [-0.3, -0.25) is 4.79 Å². The standard InChI is InChI=1S/C14H18N2O3.ClH/c17-14(16-6-4-10-3-5-15-8-10)11-1-2-12-13(7-11)19-9-18-12;/h1-2,7,10,15H,3-6,8-9H2,(H,16,17);1H. The van der Waals surface area contributed by atoms with E-state index in [0.29, 0.717) is 23.0 Å². The molecular formula is C14H19ClN2O3. The predicted molar refractivity (Wildman–Crippen MR) is 77.7 cm³/mol. The molecule has 2 aliphatic rings. The van der Waals surface area contributed by atoms with Gasteiger partial charge in [-0.1, -0.05) is 0 Å². The molecule has 1 fully saturated rings. The lowest BCUT2D eigenvalue weighted by atomic mass is 10.1. The zero-order valence-corrected chi connectivity index (χ0v) is 12.0. The summed E-state index contributed by atoms with van der Waals surface area (Å²) in [6.07, 6.45) is 2.24. The molecule has 0 aliphatic carbocycles. The molecule has 0 aromatic heterocycles. The van der Waals surface area contributed by atoms with E-state index in [2.05, 4.69) is 10.6 Å². The molecule has 1 saturated heterocycles. The average Bonchev–Trinajstić information content (AvgIpc) is 3.08. The van der Waals surface area contributed by atoms with Crippen molar-refractivity contribution in [2.75, 3.05) is 26.4 Å². The third-order valence-corrected chi connectivity index (χ3v) is 3.64. The van der Waals surface area contributed by atoms with Gasteiger partial charge in [-0.15, -0.1) is 12.4 Å². The number of ether oxygens (including phenoxy) is 2. The minimum absolute atomic E-state index is 0. The van der Waals surface area contributed by atoms with Gasteiger partial charge in [0.05, 0.1) is 0 Å². The first kappa shape index (κ1) is 14.9. The number of hydrogen-bond donors (Lipinski definition) is 2. The summed E-state index contributed by atoms with van der Waals surface area (Å²) < 4.78 is 10.5. The maximum Gasteiger partial charge on any atom is 0.251 e. The molecule has 5 nitrogen and oxygen atoms in total. The molecule has 1 atom stereocenters. The van der Waals surface area contributed by atoms with Crippen LogP contribution >= 0.6 is 12.4 Å². The smallest absolute Gasteiger partial charge is 0.251 e. The highest BCUT2D eigenvalue weighted by molar-refractivity contribution is 5.94. The van der Waals surface area contributed by atoms with E-state index in [9.17, 15) is 4.79 Å². The molecule has 1 amide bonds. The quantitative estimate of drug-likeness (QED) is 0.886. The molecule has 0 radical (unpaired) electrons. The second kappa shape index (κ2) is 6.81. The lowest BCUT2D eigenvalue weighted by molar-refractivity contribution is 0.0951. The van der Waals surface area contributed by atoms with E-state index in [1.165, 1.54) is 6.42 Å². The lowest BCUT2D eigenvalue weighted by Crippen LogP contribution is -2.26. The molecule has 1 aromatic rings. The fourth-order valence-electron chi connectivity index (χ4n) is 2.49. The van der Waals surface area contributed by atoms with Crippen molar-refractivity contribution in [3.63, 3.8) is 0 Å². The SMILES string of the molecule is Cl.O=C(NCCC1CCNC1)c1ccc2c(c1)OCO2. The number of amides is 1. The van der Waals surface area contributed by atoms with Gasteiger partial charge < -0.3 is 20.1 Å². The highest BCUT2D eigenvalue weighted by Crippen LogP contribution is 2.32. The van der Waals surface area contributed by atoms with Gasteiger partial charge in [0, 0.05) is 12.1 Å². The van der Waals surface area contributed by atoms with Crippen molar-refractivity contribution in [3.8, 4) is 11.5 Å². The summed E-state index contributed by atoms with van der Waals surface area (Å²) in [4.78, 5) is 12.0. The van der Waals surface area contributed by atoms with Gasteiger partial charge in [0.1, 0.15) is 0 Å². The molecule has 2 aliphatic heterocycles. The van der Waals surface area contributed by atoms with E-state index in [1.807, 2.05) is 0 Å². The normalized spacial score (nSPS) is 19.5. The highest BCUT2D eigenvalue weighted by Gasteiger charge is 2.17. The second-order valence-corrected chi connectivity index (χ2v) is 4.97. The van der Waals surface area contributed by atoms with Crippen LogP contribution in [0.1, 0.15) is 23.2 Å². The molecular weight excluding hydrogens is 280 g/mol. The van der Waals surface area contributed by atoms with Crippen molar-refractivity contribution < 1.29 is 14.3 Å². The predicted octanol–water partition coefficient (Wildman–Crippen LogP) is 1.57. The van der Waals surface area contributed by atoms with Crippen molar-refractivity contribution >= 4 is 18.3 Å². The van der Waals surface area contributed by atoms with Gasteiger partial charge in [0.25, 0.3) is 5.91 Å². The number of hydrogen-bond acceptors (Lipinski definition) is 4. The van der Waals surface area contributed by atoms with Crippen LogP contribution in [-0.2, 0) is 0 Å². The van der Waals surface area contributed by atoms with Crippen LogP contribution in [0.25, 0.3) is 0 Å². The van der Waals surface area contributed by atoms with Crippen molar-refractivity contribution in [2.45, 2.75) is 12.8 Å². The Kier molecular flexibility index (Phi) is 5.09. The van der Waals surface area contributed by atoms with Crippen LogP contribution in [0.4, 0.5) is 0 Å². The Morgan fingerprint density at radius 2 is 2.20 bits per heavy atom. The van der Waals surface area contributed by atoms with Crippen LogP contribution in [0.15, 0.2) is 18.2 Å². The first-order valence-corrected chi connectivity index (χ1v) is 6.71. The first-order valence-electron chi connectivity index (χ1n) is 6.71. The van der Waals surface area contributed by atoms with E-state index in [0.717, 1.165) is 26.1 Å². The van der Waals surface area contributed by atoms with E-state index in [4.69, 9.17) is 9.47 Å². The van der Waals surface area contributed by atoms with Crippen molar-refractivity contribution in [1.29, 1.82) is 0 Å². The third-order valence-electron chi connectivity index (χ3n) is 3.64. The molecule has 0 bridgehead atoms. The maximum atomic E-state index is 12.0. The molecule has 3 rings (SSSR count). The van der Waals surface area contributed by atoms with Crippen LogP contribution in [0, 0.1) is 5.92 Å². The Morgan fingerprint density at radius 1 is 1.35 bits per heavy atom. The molecule has 6 heteroatoms. The highest BCUT2D eigenvalue weighted by atomic mass is 35.5. The van der Waals surface area contributed by atoms with Crippen LogP contribution in [0.5, 0.6) is 11.5 Å². The third kappa shape index (κ3) is 3.35. The summed E-state index contributed by atoms with van der Waals surface area (Å²) in [5.74, 6) is 1.99. The number of carbonyl (C=O) groups excluding carboxylic acids is 1. The summed E-state index contributed by atoms with van der Waals surface area (Å²) in [7, 11) is 0. The largest absolute Gasteiger partial charge is 0.454 e. The Morgan fingerprint density at radius 3 is 3.00 bits per heavy atom.